The summed E-state index contributed by atoms with van der Waals surface area (Å²) in [6.07, 6.45) is 11.2. The Labute approximate surface area is 188 Å². The summed E-state index contributed by atoms with van der Waals surface area (Å²) in [6, 6.07) is 15.0. The first-order valence-electron chi connectivity index (χ1n) is 10.8. The van der Waals surface area contributed by atoms with E-state index in [-0.39, 0.29) is 11.9 Å². The molecule has 1 saturated heterocycles. The van der Waals surface area contributed by atoms with Crippen LogP contribution in [0.3, 0.4) is 0 Å². The lowest BCUT2D eigenvalue weighted by atomic mass is 10.0. The first-order valence-corrected chi connectivity index (χ1v) is 10.8. The second-order valence-corrected chi connectivity index (χ2v) is 7.90. The Bertz CT molecular complexity index is 1150. The molecule has 3 amide bonds. The maximum absolute atomic E-state index is 12.9. The van der Waals surface area contributed by atoms with Crippen molar-refractivity contribution in [3.63, 3.8) is 0 Å². The molecule has 6 heteroatoms. The number of amides is 3. The van der Waals surface area contributed by atoms with Gasteiger partial charge in [-0.3, -0.25) is 9.78 Å². The summed E-state index contributed by atoms with van der Waals surface area (Å²) in [5.74, 6) is 2.56. The molecule has 6 nitrogen and oxygen atoms in total. The quantitative estimate of drug-likeness (QED) is 0.594. The lowest BCUT2D eigenvalue weighted by molar-refractivity contribution is -0.124. The Balaban J connectivity index is 1.35. The van der Waals surface area contributed by atoms with Crippen LogP contribution in [-0.2, 0) is 17.8 Å². The Hall–Kier alpha value is -3.85. The molecule has 0 radical (unpaired) electrons. The Morgan fingerprint density at radius 1 is 1.12 bits per heavy atom. The van der Waals surface area contributed by atoms with E-state index in [4.69, 9.17) is 6.42 Å². The van der Waals surface area contributed by atoms with Crippen LogP contribution in [0.4, 0.5) is 4.79 Å². The van der Waals surface area contributed by atoms with Crippen molar-refractivity contribution < 1.29 is 9.59 Å². The van der Waals surface area contributed by atoms with Gasteiger partial charge in [0.15, 0.2) is 0 Å². The number of terminal acetylenes is 1. The molecular formula is C26H26N4O2. The van der Waals surface area contributed by atoms with Crippen molar-refractivity contribution in [3.05, 3.63) is 77.6 Å². The lowest BCUT2D eigenvalue weighted by Crippen LogP contribution is -2.49. The van der Waals surface area contributed by atoms with Gasteiger partial charge in [0.25, 0.3) is 0 Å². The maximum atomic E-state index is 12.9. The minimum Gasteiger partial charge on any atom is -0.354 e. The largest absolute Gasteiger partial charge is 0.354 e. The number of rotatable bonds is 6. The van der Waals surface area contributed by atoms with Crippen molar-refractivity contribution in [1.82, 2.24) is 20.5 Å². The van der Waals surface area contributed by atoms with Crippen molar-refractivity contribution in [3.8, 4) is 12.3 Å². The average molecular weight is 427 g/mol. The molecular weight excluding hydrogens is 400 g/mol. The number of carbonyl (C=O) groups excluding carboxylic acids is 2. The topological polar surface area (TPSA) is 74.3 Å². The third-order valence-electron chi connectivity index (χ3n) is 5.85. The van der Waals surface area contributed by atoms with Crippen LogP contribution >= 0.6 is 0 Å². The van der Waals surface area contributed by atoms with Crippen molar-refractivity contribution in [1.29, 1.82) is 0 Å². The summed E-state index contributed by atoms with van der Waals surface area (Å²) in [4.78, 5) is 31.2. The van der Waals surface area contributed by atoms with Crippen LogP contribution in [0.15, 0.2) is 60.9 Å². The Morgan fingerprint density at radius 2 is 1.97 bits per heavy atom. The number of hydrogen-bond donors (Lipinski definition) is 2. The van der Waals surface area contributed by atoms with Gasteiger partial charge in [0, 0.05) is 37.6 Å². The molecule has 4 rings (SSSR count). The fraction of sp³-hybridized carbons (Fsp3) is 0.269. The molecule has 0 saturated carbocycles. The molecule has 1 fully saturated rings. The van der Waals surface area contributed by atoms with Gasteiger partial charge in [-0.1, -0.05) is 30.2 Å². The van der Waals surface area contributed by atoms with E-state index in [1.165, 1.54) is 0 Å². The molecule has 162 valence electrons. The summed E-state index contributed by atoms with van der Waals surface area (Å²) in [6.45, 7) is 1.48. The fourth-order valence-corrected chi connectivity index (χ4v) is 4.13. The summed E-state index contributed by atoms with van der Waals surface area (Å²) < 4.78 is 0. The minimum atomic E-state index is -0.437. The molecule has 0 aliphatic carbocycles. The zero-order chi connectivity index (χ0) is 22.3. The molecule has 1 atom stereocenters. The number of hydrogen-bond acceptors (Lipinski definition) is 3. The van der Waals surface area contributed by atoms with Gasteiger partial charge in [0.05, 0.1) is 0 Å². The first kappa shape index (κ1) is 21.4. The van der Waals surface area contributed by atoms with Crippen LogP contribution in [0, 0.1) is 12.3 Å². The summed E-state index contributed by atoms with van der Waals surface area (Å²) in [7, 11) is 0. The summed E-state index contributed by atoms with van der Waals surface area (Å²) in [5.41, 5.74) is 2.91. The van der Waals surface area contributed by atoms with Gasteiger partial charge in [0.1, 0.15) is 6.04 Å². The normalized spacial score (nSPS) is 15.3. The van der Waals surface area contributed by atoms with Crippen LogP contribution in [0.2, 0.25) is 0 Å². The SMILES string of the molecule is C#Cc1ccc2cccc(CNC(=O)N3CCC[C@H]3C(=O)NCCc3ccncc3)c2c1. The maximum Gasteiger partial charge on any atom is 0.318 e. The molecule has 1 aliphatic rings. The number of likely N-dealkylation sites (tertiary alicyclic amines) is 1. The van der Waals surface area contributed by atoms with Gasteiger partial charge in [-0.15, -0.1) is 6.42 Å². The fourth-order valence-electron chi connectivity index (χ4n) is 4.13. The van der Waals surface area contributed by atoms with Crippen molar-refractivity contribution in [2.75, 3.05) is 13.1 Å². The third kappa shape index (κ3) is 4.89. The van der Waals surface area contributed by atoms with Gasteiger partial charge < -0.3 is 15.5 Å². The van der Waals surface area contributed by atoms with E-state index in [0.29, 0.717) is 26.1 Å². The predicted molar refractivity (Wildman–Crippen MR) is 125 cm³/mol. The van der Waals surface area contributed by atoms with E-state index in [2.05, 4.69) is 21.5 Å². The standard InChI is InChI=1S/C26H26N4O2/c1-2-19-8-9-21-5-3-6-22(23(21)17-19)18-29-26(32)30-16-4-7-24(30)25(31)28-15-12-20-10-13-27-14-11-20/h1,3,5-6,8-11,13-14,17,24H,4,7,12,15-16,18H2,(H,28,31)(H,29,32)/t24-/m0/s1. The van der Waals surface area contributed by atoms with Gasteiger partial charge in [-0.2, -0.15) is 0 Å². The molecule has 3 aromatic rings. The highest BCUT2D eigenvalue weighted by Gasteiger charge is 2.33. The van der Waals surface area contributed by atoms with Crippen LogP contribution in [-0.4, -0.2) is 41.0 Å². The van der Waals surface area contributed by atoms with E-state index < -0.39 is 6.04 Å². The highest BCUT2D eigenvalue weighted by molar-refractivity contribution is 5.89. The van der Waals surface area contributed by atoms with E-state index >= 15 is 0 Å². The second-order valence-electron chi connectivity index (χ2n) is 7.90. The van der Waals surface area contributed by atoms with Gasteiger partial charge in [0.2, 0.25) is 5.91 Å². The van der Waals surface area contributed by atoms with Crippen molar-refractivity contribution >= 4 is 22.7 Å². The number of pyridine rings is 1. The lowest BCUT2D eigenvalue weighted by Gasteiger charge is -2.24. The number of carbonyl (C=O) groups is 2. The van der Waals surface area contributed by atoms with Crippen LogP contribution in [0.5, 0.6) is 0 Å². The van der Waals surface area contributed by atoms with Crippen LogP contribution in [0.25, 0.3) is 10.8 Å². The van der Waals surface area contributed by atoms with Crippen LogP contribution < -0.4 is 10.6 Å². The molecule has 0 bridgehead atoms. The number of nitrogens with one attached hydrogen (secondary N) is 2. The molecule has 2 heterocycles. The molecule has 0 spiro atoms. The van der Waals surface area contributed by atoms with E-state index in [1.807, 2.05) is 48.5 Å². The molecule has 1 aliphatic heterocycles. The number of aromatic nitrogens is 1. The highest BCUT2D eigenvalue weighted by Crippen LogP contribution is 2.21. The Kier molecular flexibility index (Phi) is 6.66. The number of fused-ring (bicyclic) bond motifs is 1. The third-order valence-corrected chi connectivity index (χ3v) is 5.85. The highest BCUT2D eigenvalue weighted by atomic mass is 16.2. The van der Waals surface area contributed by atoms with Crippen molar-refractivity contribution in [2.45, 2.75) is 31.8 Å². The van der Waals surface area contributed by atoms with Gasteiger partial charge in [-0.05, 0) is 65.4 Å². The zero-order valence-corrected chi connectivity index (χ0v) is 17.9. The van der Waals surface area contributed by atoms with Crippen molar-refractivity contribution in [2.24, 2.45) is 0 Å². The average Bonchev–Trinajstić information content (AvgIpc) is 3.33. The molecule has 0 unspecified atom stereocenters. The summed E-state index contributed by atoms with van der Waals surface area (Å²) >= 11 is 0. The summed E-state index contributed by atoms with van der Waals surface area (Å²) in [5, 5.41) is 8.05. The minimum absolute atomic E-state index is 0.101. The molecule has 32 heavy (non-hydrogen) atoms. The van der Waals surface area contributed by atoms with Gasteiger partial charge >= 0.3 is 6.03 Å². The van der Waals surface area contributed by atoms with Gasteiger partial charge in [-0.25, -0.2) is 4.79 Å². The molecule has 1 aromatic heterocycles. The molecule has 2 aromatic carbocycles. The molecule has 2 N–H and O–H groups in total. The smallest absolute Gasteiger partial charge is 0.318 e. The van der Waals surface area contributed by atoms with Crippen LogP contribution in [0.1, 0.15) is 29.5 Å². The van der Waals surface area contributed by atoms with E-state index in [9.17, 15) is 9.59 Å². The Morgan fingerprint density at radius 3 is 2.78 bits per heavy atom. The second kappa shape index (κ2) is 9.97. The zero-order valence-electron chi connectivity index (χ0n) is 17.9. The first-order chi connectivity index (χ1) is 15.7. The number of urea groups is 1. The number of benzene rings is 2. The van der Waals surface area contributed by atoms with E-state index in [0.717, 1.165) is 40.3 Å². The monoisotopic (exact) mass is 426 g/mol. The van der Waals surface area contributed by atoms with E-state index in [1.54, 1.807) is 17.3 Å². The number of nitrogens with zero attached hydrogens (tertiary/aromatic N) is 2. The predicted octanol–water partition coefficient (Wildman–Crippen LogP) is 3.25.